The lowest BCUT2D eigenvalue weighted by Gasteiger charge is -2.07. The maximum absolute atomic E-state index is 12.1. The van der Waals surface area contributed by atoms with Gasteiger partial charge in [-0.1, -0.05) is 0 Å². The largest absolute Gasteiger partial charge is 0.455 e. The van der Waals surface area contributed by atoms with E-state index in [1.54, 1.807) is 0 Å². The third-order valence-corrected chi connectivity index (χ3v) is 2.80. The second-order valence-corrected chi connectivity index (χ2v) is 4.24. The van der Waals surface area contributed by atoms with Crippen LogP contribution in [0.3, 0.4) is 0 Å². The molecule has 0 fully saturated rings. The van der Waals surface area contributed by atoms with Gasteiger partial charge in [-0.05, 0) is 0 Å². The molecule has 0 aliphatic rings. The van der Waals surface area contributed by atoms with Crippen LogP contribution in [0.4, 0.5) is 13.2 Å². The lowest BCUT2D eigenvalue weighted by molar-refractivity contribution is -0.155. The van der Waals surface area contributed by atoms with Crippen molar-refractivity contribution in [3.8, 4) is 6.01 Å². The van der Waals surface area contributed by atoms with E-state index in [0.29, 0.717) is 0 Å². The van der Waals surface area contributed by atoms with Crippen molar-refractivity contribution in [3.63, 3.8) is 0 Å². The van der Waals surface area contributed by atoms with Gasteiger partial charge in [0.05, 0.1) is 0 Å². The zero-order valence-electron chi connectivity index (χ0n) is 10.9. The van der Waals surface area contributed by atoms with Gasteiger partial charge >= 0.3 is 11.9 Å². The minimum Gasteiger partial charge on any atom is -0.455 e. The Balaban J connectivity index is 2.65. The highest BCUT2D eigenvalue weighted by Gasteiger charge is 2.30. The second-order valence-electron chi connectivity index (χ2n) is 4.24. The Morgan fingerprint density at radius 2 is 1.70 bits per heavy atom. The number of hydrogen-bond donors (Lipinski definition) is 0. The fourth-order valence-electron chi connectivity index (χ4n) is 1.77. The van der Waals surface area contributed by atoms with Crippen LogP contribution in [0.5, 0.6) is 6.01 Å². The number of alkyl halides is 3. The Labute approximate surface area is 109 Å². The van der Waals surface area contributed by atoms with Crippen LogP contribution < -0.4 is 16.0 Å². The van der Waals surface area contributed by atoms with Crippen LogP contribution in [0.2, 0.25) is 0 Å². The van der Waals surface area contributed by atoms with Gasteiger partial charge in [0.15, 0.2) is 17.8 Å². The number of halogens is 3. The number of rotatable bonds is 2. The fourth-order valence-corrected chi connectivity index (χ4v) is 1.77. The monoisotopic (exact) mass is 292 g/mol. The molecule has 0 aliphatic heterocycles. The molecule has 2 rings (SSSR count). The van der Waals surface area contributed by atoms with E-state index in [1.807, 2.05) is 0 Å². The summed E-state index contributed by atoms with van der Waals surface area (Å²) in [5.74, 6) is 0. The number of fused-ring (bicyclic) bond motifs is 1. The highest BCUT2D eigenvalue weighted by atomic mass is 19.4. The van der Waals surface area contributed by atoms with Crippen molar-refractivity contribution in [3.05, 3.63) is 20.8 Å². The first-order chi connectivity index (χ1) is 9.13. The highest BCUT2D eigenvalue weighted by molar-refractivity contribution is 5.71. The predicted molar refractivity (Wildman–Crippen MR) is 62.7 cm³/mol. The average molecular weight is 292 g/mol. The van der Waals surface area contributed by atoms with E-state index in [9.17, 15) is 22.8 Å². The molecule has 0 unspecified atom stereocenters. The summed E-state index contributed by atoms with van der Waals surface area (Å²) < 4.78 is 43.9. The lowest BCUT2D eigenvalue weighted by Crippen LogP contribution is -2.37. The Morgan fingerprint density at radius 1 is 1.10 bits per heavy atom. The smallest absolute Gasteiger partial charge is 0.422 e. The minimum absolute atomic E-state index is 0.00762. The van der Waals surface area contributed by atoms with Gasteiger partial charge in [0.25, 0.3) is 11.6 Å². The molecule has 0 bridgehead atoms. The van der Waals surface area contributed by atoms with Gasteiger partial charge in [-0.25, -0.2) is 4.79 Å². The second kappa shape index (κ2) is 4.39. The summed E-state index contributed by atoms with van der Waals surface area (Å²) in [5, 5.41) is 0. The molecule has 0 spiro atoms. The van der Waals surface area contributed by atoms with Crippen LogP contribution in [-0.2, 0) is 21.1 Å². The third-order valence-electron chi connectivity index (χ3n) is 2.80. The van der Waals surface area contributed by atoms with E-state index < -0.39 is 24.0 Å². The first kappa shape index (κ1) is 14.2. The van der Waals surface area contributed by atoms with Crippen molar-refractivity contribution in [2.75, 3.05) is 6.61 Å². The van der Waals surface area contributed by atoms with E-state index in [-0.39, 0.29) is 17.2 Å². The first-order valence-corrected chi connectivity index (χ1v) is 5.45. The molecule has 7 nitrogen and oxygen atoms in total. The summed E-state index contributed by atoms with van der Waals surface area (Å²) in [6, 6.07) is -0.379. The molecular formula is C10H11F3N4O3. The van der Waals surface area contributed by atoms with E-state index in [1.165, 1.54) is 21.1 Å². The fraction of sp³-hybridized carbons (Fsp3) is 0.500. The molecule has 0 N–H and O–H groups in total. The van der Waals surface area contributed by atoms with Crippen LogP contribution >= 0.6 is 0 Å². The molecule has 110 valence electrons. The van der Waals surface area contributed by atoms with E-state index in [4.69, 9.17) is 0 Å². The van der Waals surface area contributed by atoms with E-state index in [0.717, 1.165) is 13.7 Å². The number of ether oxygens (including phenoxy) is 1. The average Bonchev–Trinajstić information content (AvgIpc) is 2.68. The summed E-state index contributed by atoms with van der Waals surface area (Å²) in [6.45, 7) is -1.53. The van der Waals surface area contributed by atoms with Crippen molar-refractivity contribution in [1.29, 1.82) is 0 Å². The van der Waals surface area contributed by atoms with Crippen molar-refractivity contribution < 1.29 is 17.9 Å². The van der Waals surface area contributed by atoms with E-state index >= 15 is 0 Å². The van der Waals surface area contributed by atoms with Crippen LogP contribution in [0, 0.1) is 0 Å². The topological polar surface area (TPSA) is 71.1 Å². The van der Waals surface area contributed by atoms with Crippen molar-refractivity contribution in [1.82, 2.24) is 18.7 Å². The molecule has 0 aliphatic carbocycles. The quantitative estimate of drug-likeness (QED) is 0.775. The standard InChI is InChI=1S/C10H11F3N4O3/c1-15-5-6(14-8(15)20-4-10(11,12)13)16(2)9(19)17(3)7(5)18/h4H2,1-3H3. The zero-order valence-corrected chi connectivity index (χ0v) is 10.9. The molecule has 0 atom stereocenters. The molecule has 0 saturated carbocycles. The Bertz CT molecular complexity index is 784. The molecule has 2 heterocycles. The van der Waals surface area contributed by atoms with Gasteiger partial charge in [-0.3, -0.25) is 18.5 Å². The molecule has 0 radical (unpaired) electrons. The SMILES string of the molecule is Cn1c(=O)c2c(nc(OCC(F)(F)F)n2C)n(C)c1=O. The van der Waals surface area contributed by atoms with Crippen LogP contribution in [-0.4, -0.2) is 31.5 Å². The minimum atomic E-state index is -4.52. The summed E-state index contributed by atoms with van der Waals surface area (Å²) in [7, 11) is 3.98. The van der Waals surface area contributed by atoms with Gasteiger partial charge in [0.1, 0.15) is 0 Å². The van der Waals surface area contributed by atoms with Crippen LogP contribution in [0.15, 0.2) is 9.59 Å². The van der Waals surface area contributed by atoms with Gasteiger partial charge in [0.2, 0.25) is 0 Å². The summed E-state index contributed by atoms with van der Waals surface area (Å²) in [4.78, 5) is 27.4. The Hall–Kier alpha value is -2.26. The summed E-state index contributed by atoms with van der Waals surface area (Å²) >= 11 is 0. The van der Waals surface area contributed by atoms with E-state index in [2.05, 4.69) is 9.72 Å². The van der Waals surface area contributed by atoms with Crippen LogP contribution in [0.25, 0.3) is 11.2 Å². The van der Waals surface area contributed by atoms with Gasteiger partial charge in [-0.2, -0.15) is 18.2 Å². The molecule has 0 amide bonds. The van der Waals surface area contributed by atoms with Gasteiger partial charge < -0.3 is 4.74 Å². The summed E-state index contributed by atoms with van der Waals surface area (Å²) in [5.41, 5.74) is -1.31. The molecule has 2 aromatic heterocycles. The molecule has 10 heteroatoms. The van der Waals surface area contributed by atoms with Gasteiger partial charge in [0, 0.05) is 21.1 Å². The number of aryl methyl sites for hydroxylation is 2. The third kappa shape index (κ3) is 2.17. The molecule has 2 aromatic rings. The molecule has 0 saturated heterocycles. The Kier molecular flexibility index (Phi) is 3.11. The molecular weight excluding hydrogens is 281 g/mol. The number of aromatic nitrogens is 4. The predicted octanol–water partition coefficient (Wildman–Crippen LogP) is -0.0882. The first-order valence-electron chi connectivity index (χ1n) is 5.45. The number of nitrogens with zero attached hydrogens (tertiary/aromatic N) is 4. The van der Waals surface area contributed by atoms with Crippen molar-refractivity contribution in [2.45, 2.75) is 6.18 Å². The Morgan fingerprint density at radius 3 is 2.25 bits per heavy atom. The van der Waals surface area contributed by atoms with Gasteiger partial charge in [-0.15, -0.1) is 0 Å². The maximum Gasteiger partial charge on any atom is 0.422 e. The molecule has 20 heavy (non-hydrogen) atoms. The molecule has 0 aromatic carbocycles. The number of imidazole rings is 1. The normalized spacial score (nSPS) is 12.1. The zero-order chi connectivity index (χ0) is 15.2. The van der Waals surface area contributed by atoms with Crippen LogP contribution in [0.1, 0.15) is 0 Å². The maximum atomic E-state index is 12.1. The van der Waals surface area contributed by atoms with Crippen molar-refractivity contribution >= 4 is 11.2 Å². The summed E-state index contributed by atoms with van der Waals surface area (Å²) in [6.07, 6.45) is -4.52. The lowest BCUT2D eigenvalue weighted by atomic mass is 10.5. The highest BCUT2D eigenvalue weighted by Crippen LogP contribution is 2.19. The number of hydrogen-bond acceptors (Lipinski definition) is 4. The van der Waals surface area contributed by atoms with Crippen molar-refractivity contribution in [2.24, 2.45) is 21.1 Å².